The molecule has 1 aromatic carbocycles. The van der Waals surface area contributed by atoms with Crippen LogP contribution < -0.4 is 10.2 Å². The molecule has 0 atom stereocenters. The highest BCUT2D eigenvalue weighted by atomic mass is 35.5. The average Bonchev–Trinajstić information content (AvgIpc) is 2.39. The van der Waals surface area contributed by atoms with Gasteiger partial charge in [0.2, 0.25) is 0 Å². The third kappa shape index (κ3) is 2.47. The van der Waals surface area contributed by atoms with E-state index in [9.17, 15) is 4.39 Å². The normalized spacial score (nSPS) is 19.0. The first-order valence-corrected chi connectivity index (χ1v) is 6.93. The Labute approximate surface area is 113 Å². The number of piperazine rings is 1. The van der Waals surface area contributed by atoms with Crippen LogP contribution in [0.4, 0.5) is 10.1 Å². The van der Waals surface area contributed by atoms with Crippen molar-refractivity contribution in [1.82, 2.24) is 5.32 Å². The first-order valence-electron chi connectivity index (χ1n) is 6.56. The minimum atomic E-state index is -0.231. The van der Waals surface area contributed by atoms with Crippen molar-refractivity contribution < 1.29 is 4.39 Å². The summed E-state index contributed by atoms with van der Waals surface area (Å²) in [5.74, 6) is -0.231. The lowest BCUT2D eigenvalue weighted by molar-refractivity contribution is 0.276. The van der Waals surface area contributed by atoms with Crippen LogP contribution in [0.5, 0.6) is 0 Å². The molecule has 1 aliphatic rings. The Morgan fingerprint density at radius 1 is 1.39 bits per heavy atom. The number of nitrogens with zero attached hydrogens (tertiary/aromatic N) is 1. The van der Waals surface area contributed by atoms with Gasteiger partial charge in [0, 0.05) is 25.2 Å². The van der Waals surface area contributed by atoms with E-state index in [2.05, 4.69) is 24.1 Å². The van der Waals surface area contributed by atoms with E-state index in [0.717, 1.165) is 32.5 Å². The Hall–Kier alpha value is -0.800. The Balaban J connectivity index is 2.28. The molecule has 0 unspecified atom stereocenters. The molecule has 0 bridgehead atoms. The largest absolute Gasteiger partial charge is 0.365 e. The summed E-state index contributed by atoms with van der Waals surface area (Å²) in [4.78, 5) is 2.07. The van der Waals surface area contributed by atoms with E-state index < -0.39 is 0 Å². The number of rotatable bonds is 3. The molecule has 0 saturated carbocycles. The molecule has 1 aliphatic heterocycles. The van der Waals surface area contributed by atoms with Gasteiger partial charge in [-0.2, -0.15) is 0 Å². The summed E-state index contributed by atoms with van der Waals surface area (Å²) in [6.07, 6.45) is 2.07. The third-order valence-corrected chi connectivity index (χ3v) is 4.29. The van der Waals surface area contributed by atoms with E-state index in [1.165, 1.54) is 6.07 Å². The number of hydrogen-bond acceptors (Lipinski definition) is 2. The molecule has 2 rings (SSSR count). The van der Waals surface area contributed by atoms with Gasteiger partial charge >= 0.3 is 0 Å². The van der Waals surface area contributed by atoms with Gasteiger partial charge in [-0.1, -0.05) is 31.5 Å². The molecule has 18 heavy (non-hydrogen) atoms. The van der Waals surface area contributed by atoms with Crippen LogP contribution in [0.3, 0.4) is 0 Å². The number of benzene rings is 1. The lowest BCUT2D eigenvalue weighted by Crippen LogP contribution is -2.60. The summed E-state index contributed by atoms with van der Waals surface area (Å²) < 4.78 is 13.9. The minimum absolute atomic E-state index is 0.0733. The van der Waals surface area contributed by atoms with Crippen molar-refractivity contribution in [1.29, 1.82) is 0 Å². The Morgan fingerprint density at radius 2 is 2.11 bits per heavy atom. The van der Waals surface area contributed by atoms with E-state index >= 15 is 0 Å². The van der Waals surface area contributed by atoms with Crippen molar-refractivity contribution in [2.75, 3.05) is 24.5 Å². The number of anilines is 1. The van der Waals surface area contributed by atoms with Gasteiger partial charge in [0.05, 0.1) is 10.7 Å². The quantitative estimate of drug-likeness (QED) is 0.905. The summed E-state index contributed by atoms with van der Waals surface area (Å²) in [6.45, 7) is 6.81. The zero-order valence-corrected chi connectivity index (χ0v) is 11.7. The second-order valence-corrected chi connectivity index (χ2v) is 5.31. The predicted molar refractivity (Wildman–Crippen MR) is 74.9 cm³/mol. The van der Waals surface area contributed by atoms with Crippen molar-refractivity contribution in [3.8, 4) is 0 Å². The van der Waals surface area contributed by atoms with E-state index in [4.69, 9.17) is 11.6 Å². The topological polar surface area (TPSA) is 15.3 Å². The van der Waals surface area contributed by atoms with Gasteiger partial charge in [-0.25, -0.2) is 4.39 Å². The number of para-hydroxylation sites is 1. The average molecular weight is 271 g/mol. The highest BCUT2D eigenvalue weighted by Gasteiger charge is 2.33. The smallest absolute Gasteiger partial charge is 0.148 e. The van der Waals surface area contributed by atoms with Crippen molar-refractivity contribution in [2.24, 2.45) is 0 Å². The maximum Gasteiger partial charge on any atom is 0.148 e. The molecular weight excluding hydrogens is 251 g/mol. The Kier molecular flexibility index (Phi) is 4.13. The molecule has 1 N–H and O–H groups in total. The maximum atomic E-state index is 13.9. The van der Waals surface area contributed by atoms with Gasteiger partial charge in [-0.15, -0.1) is 0 Å². The number of nitrogens with one attached hydrogen (secondary N) is 1. The van der Waals surface area contributed by atoms with Gasteiger partial charge in [0.15, 0.2) is 0 Å². The van der Waals surface area contributed by atoms with Crippen molar-refractivity contribution in [3.63, 3.8) is 0 Å². The van der Waals surface area contributed by atoms with Gasteiger partial charge in [0.1, 0.15) is 5.82 Å². The number of halogens is 2. The molecule has 1 fully saturated rings. The van der Waals surface area contributed by atoms with E-state index in [-0.39, 0.29) is 11.4 Å². The second kappa shape index (κ2) is 5.45. The molecule has 0 aromatic heterocycles. The summed E-state index contributed by atoms with van der Waals surface area (Å²) >= 11 is 6.14. The zero-order valence-electron chi connectivity index (χ0n) is 11.0. The highest BCUT2D eigenvalue weighted by Crippen LogP contribution is 2.32. The Morgan fingerprint density at radius 3 is 2.72 bits per heavy atom. The molecule has 1 saturated heterocycles. The molecule has 4 heteroatoms. The zero-order chi connectivity index (χ0) is 13.2. The van der Waals surface area contributed by atoms with Crippen LogP contribution >= 0.6 is 11.6 Å². The SMILES string of the molecule is CCC1(CC)CN(c2c(F)cccc2Cl)CCN1. The Bertz CT molecular complexity index is 398. The lowest BCUT2D eigenvalue weighted by Gasteiger charge is -2.44. The highest BCUT2D eigenvalue weighted by molar-refractivity contribution is 6.33. The summed E-state index contributed by atoms with van der Waals surface area (Å²) in [6, 6.07) is 4.88. The first kappa shape index (κ1) is 13.6. The van der Waals surface area contributed by atoms with E-state index in [1.54, 1.807) is 12.1 Å². The van der Waals surface area contributed by atoms with E-state index in [0.29, 0.717) is 10.7 Å². The van der Waals surface area contributed by atoms with Crippen LogP contribution in [0, 0.1) is 5.82 Å². The second-order valence-electron chi connectivity index (χ2n) is 4.91. The van der Waals surface area contributed by atoms with Crippen molar-refractivity contribution in [3.05, 3.63) is 29.0 Å². The van der Waals surface area contributed by atoms with Crippen LogP contribution in [0.25, 0.3) is 0 Å². The monoisotopic (exact) mass is 270 g/mol. The lowest BCUT2D eigenvalue weighted by atomic mass is 9.90. The molecule has 0 spiro atoms. The van der Waals surface area contributed by atoms with Gasteiger partial charge in [-0.3, -0.25) is 0 Å². The third-order valence-electron chi connectivity index (χ3n) is 3.98. The predicted octanol–water partition coefficient (Wildman–Crippen LogP) is 3.45. The van der Waals surface area contributed by atoms with Crippen LogP contribution in [0.1, 0.15) is 26.7 Å². The molecular formula is C14H20ClFN2. The molecule has 100 valence electrons. The van der Waals surface area contributed by atoms with Crippen LogP contribution in [0.2, 0.25) is 5.02 Å². The van der Waals surface area contributed by atoms with E-state index in [1.807, 2.05) is 0 Å². The molecule has 1 heterocycles. The summed E-state index contributed by atoms with van der Waals surface area (Å²) in [5.41, 5.74) is 0.621. The van der Waals surface area contributed by atoms with Crippen LogP contribution in [-0.4, -0.2) is 25.2 Å². The fourth-order valence-corrected chi connectivity index (χ4v) is 2.94. The molecule has 0 amide bonds. The van der Waals surface area contributed by atoms with Crippen LogP contribution in [-0.2, 0) is 0 Å². The van der Waals surface area contributed by atoms with Gasteiger partial charge in [-0.05, 0) is 25.0 Å². The van der Waals surface area contributed by atoms with Crippen molar-refractivity contribution >= 4 is 17.3 Å². The molecule has 0 aliphatic carbocycles. The minimum Gasteiger partial charge on any atom is -0.365 e. The number of hydrogen-bond donors (Lipinski definition) is 1. The van der Waals surface area contributed by atoms with Gasteiger partial charge in [0.25, 0.3) is 0 Å². The van der Waals surface area contributed by atoms with Gasteiger partial charge < -0.3 is 10.2 Å². The molecule has 0 radical (unpaired) electrons. The summed E-state index contributed by atoms with van der Waals surface area (Å²) in [7, 11) is 0. The maximum absolute atomic E-state index is 13.9. The van der Waals surface area contributed by atoms with Crippen molar-refractivity contribution in [2.45, 2.75) is 32.2 Å². The standard InChI is InChI=1S/C14H20ClFN2/c1-3-14(4-2)10-18(9-8-17-14)13-11(15)6-5-7-12(13)16/h5-7,17H,3-4,8-10H2,1-2H3. The molecule has 1 aromatic rings. The fraction of sp³-hybridized carbons (Fsp3) is 0.571. The molecule has 2 nitrogen and oxygen atoms in total. The fourth-order valence-electron chi connectivity index (χ4n) is 2.66. The first-order chi connectivity index (χ1) is 8.62. The van der Waals surface area contributed by atoms with Crippen LogP contribution in [0.15, 0.2) is 18.2 Å². The summed E-state index contributed by atoms with van der Waals surface area (Å²) in [5, 5.41) is 4.06.